The molecule has 3 heterocycles. The summed E-state index contributed by atoms with van der Waals surface area (Å²) in [6.07, 6.45) is 1.34. The Kier molecular flexibility index (Phi) is 4.12. The lowest BCUT2D eigenvalue weighted by Gasteiger charge is -2.25. The van der Waals surface area contributed by atoms with Crippen molar-refractivity contribution < 1.29 is 14.6 Å². The predicted octanol–water partition coefficient (Wildman–Crippen LogP) is 0.996. The van der Waals surface area contributed by atoms with Crippen molar-refractivity contribution in [2.45, 2.75) is 38.5 Å². The molecule has 7 heteroatoms. The molecule has 0 saturated heterocycles. The second kappa shape index (κ2) is 6.41. The molecule has 7 nitrogen and oxygen atoms in total. The summed E-state index contributed by atoms with van der Waals surface area (Å²) in [6.45, 7) is 4.32. The third kappa shape index (κ3) is 3.09. The molecule has 4 rings (SSSR count). The molecule has 2 N–H and O–H groups in total. The van der Waals surface area contributed by atoms with E-state index in [2.05, 4.69) is 15.4 Å². The van der Waals surface area contributed by atoms with Crippen LogP contribution in [0.4, 0.5) is 0 Å². The smallest absolute Gasteiger partial charge is 0.161 e. The number of nitrogens with one attached hydrogen (secondary N) is 1. The summed E-state index contributed by atoms with van der Waals surface area (Å²) in [5.74, 6) is 3.32. The Hall–Kier alpha value is -2.12. The van der Waals surface area contributed by atoms with Crippen LogP contribution in [0.2, 0.25) is 0 Å². The SMILES string of the molecule is Cc1nc2n(n1)CC(NCC(O)c1ccc3c(c1)OCCO3)CC2. The summed E-state index contributed by atoms with van der Waals surface area (Å²) in [5.41, 5.74) is 0.833. The van der Waals surface area contributed by atoms with E-state index in [1.807, 2.05) is 29.8 Å². The largest absolute Gasteiger partial charge is 0.486 e. The van der Waals surface area contributed by atoms with Gasteiger partial charge < -0.3 is 19.9 Å². The summed E-state index contributed by atoms with van der Waals surface area (Å²) in [6, 6.07) is 5.91. The van der Waals surface area contributed by atoms with Gasteiger partial charge in [0.1, 0.15) is 24.9 Å². The fourth-order valence-electron chi connectivity index (χ4n) is 3.26. The zero-order chi connectivity index (χ0) is 16.5. The first-order valence-corrected chi connectivity index (χ1v) is 8.40. The van der Waals surface area contributed by atoms with Crippen molar-refractivity contribution in [3.05, 3.63) is 35.4 Å². The number of hydrogen-bond acceptors (Lipinski definition) is 6. The molecule has 2 aromatic rings. The van der Waals surface area contributed by atoms with E-state index in [9.17, 15) is 5.11 Å². The van der Waals surface area contributed by atoms with Crippen molar-refractivity contribution in [1.82, 2.24) is 20.1 Å². The van der Waals surface area contributed by atoms with E-state index >= 15 is 0 Å². The molecule has 2 aliphatic rings. The van der Waals surface area contributed by atoms with Crippen molar-refractivity contribution >= 4 is 0 Å². The summed E-state index contributed by atoms with van der Waals surface area (Å²) in [7, 11) is 0. The highest BCUT2D eigenvalue weighted by Crippen LogP contribution is 2.32. The highest BCUT2D eigenvalue weighted by molar-refractivity contribution is 5.44. The Bertz CT molecular complexity index is 731. The third-order valence-electron chi connectivity index (χ3n) is 4.51. The van der Waals surface area contributed by atoms with E-state index in [1.165, 1.54) is 0 Å². The van der Waals surface area contributed by atoms with Gasteiger partial charge in [0.25, 0.3) is 0 Å². The summed E-state index contributed by atoms with van der Waals surface area (Å²) in [5, 5.41) is 18.3. The van der Waals surface area contributed by atoms with Gasteiger partial charge in [0, 0.05) is 19.0 Å². The summed E-state index contributed by atoms with van der Waals surface area (Å²) >= 11 is 0. The van der Waals surface area contributed by atoms with Crippen molar-refractivity contribution in [2.75, 3.05) is 19.8 Å². The molecule has 1 aromatic heterocycles. The standard InChI is InChI=1S/C17H22N4O3/c1-11-19-17-5-3-13(10-21(17)20-11)18-9-14(22)12-2-4-15-16(8-12)24-7-6-23-15/h2,4,8,13-14,18,22H,3,5-7,9-10H2,1H3. The van der Waals surface area contributed by atoms with Crippen LogP contribution in [0, 0.1) is 6.92 Å². The van der Waals surface area contributed by atoms with E-state index < -0.39 is 6.10 Å². The molecule has 2 unspecified atom stereocenters. The zero-order valence-electron chi connectivity index (χ0n) is 13.7. The summed E-state index contributed by atoms with van der Waals surface area (Å²) in [4.78, 5) is 4.42. The Balaban J connectivity index is 1.36. The first-order valence-electron chi connectivity index (χ1n) is 8.40. The number of aryl methyl sites for hydroxylation is 2. The van der Waals surface area contributed by atoms with Gasteiger partial charge in [0.2, 0.25) is 0 Å². The number of hydrogen-bond donors (Lipinski definition) is 2. The molecule has 0 aliphatic carbocycles. The minimum atomic E-state index is -0.584. The topological polar surface area (TPSA) is 81.4 Å². The normalized spacial score (nSPS) is 20.5. The molecule has 128 valence electrons. The van der Waals surface area contributed by atoms with E-state index in [-0.39, 0.29) is 0 Å². The van der Waals surface area contributed by atoms with E-state index in [0.717, 1.165) is 42.3 Å². The lowest BCUT2D eigenvalue weighted by Crippen LogP contribution is -2.39. The Morgan fingerprint density at radius 1 is 1.33 bits per heavy atom. The Morgan fingerprint density at radius 2 is 2.17 bits per heavy atom. The maximum absolute atomic E-state index is 10.5. The van der Waals surface area contributed by atoms with Gasteiger partial charge in [-0.3, -0.25) is 0 Å². The quantitative estimate of drug-likeness (QED) is 0.870. The van der Waals surface area contributed by atoms with E-state index in [4.69, 9.17) is 9.47 Å². The molecular weight excluding hydrogens is 308 g/mol. The molecule has 0 saturated carbocycles. The number of ether oxygens (including phenoxy) is 2. The first-order chi connectivity index (χ1) is 11.7. The number of aliphatic hydroxyl groups excluding tert-OH is 1. The van der Waals surface area contributed by atoms with Crippen LogP contribution in [0.15, 0.2) is 18.2 Å². The maximum atomic E-state index is 10.5. The second-order valence-electron chi connectivity index (χ2n) is 6.32. The van der Waals surface area contributed by atoms with Crippen LogP contribution in [-0.4, -0.2) is 45.7 Å². The van der Waals surface area contributed by atoms with Crippen molar-refractivity contribution in [1.29, 1.82) is 0 Å². The lowest BCUT2D eigenvalue weighted by molar-refractivity contribution is 0.158. The number of nitrogens with zero attached hydrogens (tertiary/aromatic N) is 3. The molecule has 0 amide bonds. The van der Waals surface area contributed by atoms with Crippen LogP contribution in [0.1, 0.15) is 29.7 Å². The molecular formula is C17H22N4O3. The van der Waals surface area contributed by atoms with Gasteiger partial charge in [-0.25, -0.2) is 9.67 Å². The van der Waals surface area contributed by atoms with E-state index in [1.54, 1.807) is 0 Å². The monoisotopic (exact) mass is 330 g/mol. The third-order valence-corrected chi connectivity index (χ3v) is 4.51. The van der Waals surface area contributed by atoms with Crippen molar-refractivity contribution in [2.24, 2.45) is 0 Å². The van der Waals surface area contributed by atoms with Crippen LogP contribution in [-0.2, 0) is 13.0 Å². The average molecular weight is 330 g/mol. The lowest BCUT2D eigenvalue weighted by atomic mass is 10.1. The molecule has 0 spiro atoms. The number of rotatable bonds is 4. The van der Waals surface area contributed by atoms with Gasteiger partial charge >= 0.3 is 0 Å². The zero-order valence-corrected chi connectivity index (χ0v) is 13.7. The molecule has 1 aromatic carbocycles. The molecule has 2 atom stereocenters. The van der Waals surface area contributed by atoms with Gasteiger partial charge in [-0.05, 0) is 31.0 Å². The van der Waals surface area contributed by atoms with Gasteiger partial charge in [0.15, 0.2) is 11.5 Å². The van der Waals surface area contributed by atoms with Crippen LogP contribution in [0.5, 0.6) is 11.5 Å². The molecule has 2 aliphatic heterocycles. The fraction of sp³-hybridized carbons (Fsp3) is 0.529. The molecule has 0 radical (unpaired) electrons. The molecule has 24 heavy (non-hydrogen) atoms. The number of aromatic nitrogens is 3. The Morgan fingerprint density at radius 3 is 3.04 bits per heavy atom. The average Bonchev–Trinajstić information content (AvgIpc) is 2.98. The van der Waals surface area contributed by atoms with Gasteiger partial charge in [-0.2, -0.15) is 5.10 Å². The highest BCUT2D eigenvalue weighted by atomic mass is 16.6. The number of fused-ring (bicyclic) bond motifs is 2. The van der Waals surface area contributed by atoms with E-state index in [0.29, 0.717) is 31.5 Å². The van der Waals surface area contributed by atoms with Crippen LogP contribution < -0.4 is 14.8 Å². The Labute approximate surface area is 140 Å². The minimum Gasteiger partial charge on any atom is -0.486 e. The second-order valence-corrected chi connectivity index (χ2v) is 6.32. The number of aliphatic hydroxyl groups is 1. The van der Waals surface area contributed by atoms with Crippen LogP contribution in [0.3, 0.4) is 0 Å². The fourth-order valence-corrected chi connectivity index (χ4v) is 3.26. The number of benzene rings is 1. The van der Waals surface area contributed by atoms with Gasteiger partial charge in [-0.1, -0.05) is 6.07 Å². The molecule has 0 bridgehead atoms. The predicted molar refractivity (Wildman–Crippen MR) is 87.3 cm³/mol. The van der Waals surface area contributed by atoms with Gasteiger partial charge in [-0.15, -0.1) is 0 Å². The van der Waals surface area contributed by atoms with Gasteiger partial charge in [0.05, 0.1) is 12.6 Å². The summed E-state index contributed by atoms with van der Waals surface area (Å²) < 4.78 is 13.1. The van der Waals surface area contributed by atoms with Crippen LogP contribution in [0.25, 0.3) is 0 Å². The highest BCUT2D eigenvalue weighted by Gasteiger charge is 2.22. The molecule has 0 fully saturated rings. The minimum absolute atomic E-state index is 0.297. The van der Waals surface area contributed by atoms with Crippen molar-refractivity contribution in [3.8, 4) is 11.5 Å². The maximum Gasteiger partial charge on any atom is 0.161 e. The van der Waals surface area contributed by atoms with Crippen LogP contribution >= 0.6 is 0 Å². The first kappa shape index (κ1) is 15.4. The van der Waals surface area contributed by atoms with Crippen molar-refractivity contribution in [3.63, 3.8) is 0 Å².